The van der Waals surface area contributed by atoms with Crippen LogP contribution >= 0.6 is 11.3 Å². The van der Waals surface area contributed by atoms with Crippen molar-refractivity contribution < 1.29 is 14.6 Å². The van der Waals surface area contributed by atoms with Crippen LogP contribution in [0, 0.1) is 5.92 Å². The van der Waals surface area contributed by atoms with Gasteiger partial charge in [0.15, 0.2) is 5.69 Å². The van der Waals surface area contributed by atoms with Gasteiger partial charge >= 0.3 is 5.97 Å². The second-order valence-electron chi connectivity index (χ2n) is 4.22. The first-order valence-corrected chi connectivity index (χ1v) is 6.31. The predicted octanol–water partition coefficient (Wildman–Crippen LogP) is 1.34. The van der Waals surface area contributed by atoms with Gasteiger partial charge in [-0.15, -0.1) is 11.3 Å². The average Bonchev–Trinajstić information content (AvgIpc) is 2.77. The number of methoxy groups -OCH3 is 1. The van der Waals surface area contributed by atoms with E-state index in [1.807, 2.05) is 13.8 Å². The van der Waals surface area contributed by atoms with E-state index in [0.29, 0.717) is 17.3 Å². The van der Waals surface area contributed by atoms with Gasteiger partial charge in [0.2, 0.25) is 0 Å². The lowest BCUT2D eigenvalue weighted by Crippen LogP contribution is -2.28. The van der Waals surface area contributed by atoms with Crippen LogP contribution in [0.15, 0.2) is 5.38 Å². The Bertz CT molecular complexity index is 379. The molecule has 0 spiro atoms. The summed E-state index contributed by atoms with van der Waals surface area (Å²) in [6.45, 7) is 4.00. The van der Waals surface area contributed by atoms with Crippen molar-refractivity contribution in [3.63, 3.8) is 0 Å². The second-order valence-corrected chi connectivity index (χ2v) is 5.11. The number of thiazole rings is 1. The van der Waals surface area contributed by atoms with Crippen LogP contribution in [0.1, 0.15) is 41.9 Å². The summed E-state index contributed by atoms with van der Waals surface area (Å²) in [5.41, 5.74) is 6.10. The number of esters is 1. The molecule has 0 fully saturated rings. The molecule has 0 aliphatic rings. The minimum atomic E-state index is -0.726. The number of carbonyl (C=O) groups is 1. The first-order chi connectivity index (χ1) is 7.95. The number of carbonyl (C=O) groups excluding carboxylic acids is 1. The number of aliphatic hydroxyl groups excluding tert-OH is 1. The molecule has 3 N–H and O–H groups in total. The van der Waals surface area contributed by atoms with Crippen molar-refractivity contribution in [1.29, 1.82) is 0 Å². The third-order valence-corrected chi connectivity index (χ3v) is 3.50. The van der Waals surface area contributed by atoms with Crippen LogP contribution in [-0.4, -0.2) is 29.2 Å². The summed E-state index contributed by atoms with van der Waals surface area (Å²) in [6, 6.07) is -0.0875. The topological polar surface area (TPSA) is 85.4 Å². The summed E-state index contributed by atoms with van der Waals surface area (Å²) in [5.74, 6) is -0.197. The maximum Gasteiger partial charge on any atom is 0.357 e. The van der Waals surface area contributed by atoms with E-state index in [9.17, 15) is 9.90 Å². The highest BCUT2D eigenvalue weighted by Gasteiger charge is 2.20. The minimum absolute atomic E-state index is 0.0875. The Kier molecular flexibility index (Phi) is 5.04. The maximum absolute atomic E-state index is 11.2. The van der Waals surface area contributed by atoms with E-state index in [0.717, 1.165) is 0 Å². The summed E-state index contributed by atoms with van der Waals surface area (Å²) >= 11 is 1.24. The SMILES string of the molecule is COC(=O)c1csc([C@H](O)C[C@@H](N)C(C)C)n1. The molecule has 0 saturated heterocycles. The fourth-order valence-corrected chi connectivity index (χ4v) is 2.06. The normalized spacial score (nSPS) is 14.7. The van der Waals surface area contributed by atoms with Crippen LogP contribution in [0.5, 0.6) is 0 Å². The molecule has 1 rings (SSSR count). The largest absolute Gasteiger partial charge is 0.464 e. The molecule has 6 heteroatoms. The first kappa shape index (κ1) is 14.1. The van der Waals surface area contributed by atoms with Gasteiger partial charge in [0, 0.05) is 11.4 Å². The number of hydrogen-bond acceptors (Lipinski definition) is 6. The Morgan fingerprint density at radius 1 is 1.65 bits per heavy atom. The fraction of sp³-hybridized carbons (Fsp3) is 0.636. The van der Waals surface area contributed by atoms with E-state index >= 15 is 0 Å². The molecule has 0 aliphatic carbocycles. The molecule has 0 unspecified atom stereocenters. The molecular weight excluding hydrogens is 240 g/mol. The Hall–Kier alpha value is -0.980. The number of hydrogen-bond donors (Lipinski definition) is 2. The number of nitrogens with two attached hydrogens (primary N) is 1. The Labute approximate surface area is 105 Å². The van der Waals surface area contributed by atoms with Gasteiger partial charge in [-0.3, -0.25) is 0 Å². The molecule has 1 heterocycles. The van der Waals surface area contributed by atoms with Crippen LogP contribution in [-0.2, 0) is 4.74 Å². The van der Waals surface area contributed by atoms with Crippen molar-refractivity contribution in [2.75, 3.05) is 7.11 Å². The zero-order chi connectivity index (χ0) is 13.0. The number of aromatic nitrogens is 1. The molecule has 96 valence electrons. The Morgan fingerprint density at radius 2 is 2.29 bits per heavy atom. The smallest absolute Gasteiger partial charge is 0.357 e. The number of aliphatic hydroxyl groups is 1. The standard InChI is InChI=1S/C11H18N2O3S/c1-6(2)7(12)4-9(14)10-13-8(5-17-10)11(15)16-3/h5-7,9,14H,4,12H2,1-3H3/t7-,9-/m1/s1. The zero-order valence-electron chi connectivity index (χ0n) is 10.2. The van der Waals surface area contributed by atoms with Crippen molar-refractivity contribution in [2.24, 2.45) is 11.7 Å². The number of nitrogens with zero attached hydrogens (tertiary/aromatic N) is 1. The third kappa shape index (κ3) is 3.76. The van der Waals surface area contributed by atoms with E-state index in [1.54, 1.807) is 5.38 Å². The summed E-state index contributed by atoms with van der Waals surface area (Å²) in [6.07, 6.45) is -0.290. The van der Waals surface area contributed by atoms with E-state index in [4.69, 9.17) is 5.73 Å². The van der Waals surface area contributed by atoms with Crippen molar-refractivity contribution in [1.82, 2.24) is 4.98 Å². The third-order valence-electron chi connectivity index (χ3n) is 2.55. The zero-order valence-corrected chi connectivity index (χ0v) is 11.0. The lowest BCUT2D eigenvalue weighted by molar-refractivity contribution is 0.0594. The van der Waals surface area contributed by atoms with Crippen LogP contribution in [0.4, 0.5) is 0 Å². The molecule has 1 aromatic rings. The summed E-state index contributed by atoms with van der Waals surface area (Å²) in [5, 5.41) is 12.0. The number of rotatable bonds is 5. The monoisotopic (exact) mass is 258 g/mol. The van der Waals surface area contributed by atoms with Gasteiger partial charge < -0.3 is 15.6 Å². The number of ether oxygens (including phenoxy) is 1. The molecule has 2 atom stereocenters. The predicted molar refractivity (Wildman–Crippen MR) is 65.8 cm³/mol. The summed E-state index contributed by atoms with van der Waals surface area (Å²) in [7, 11) is 1.30. The van der Waals surface area contributed by atoms with Gasteiger partial charge in [-0.1, -0.05) is 13.8 Å². The molecule has 0 aliphatic heterocycles. The summed E-state index contributed by atoms with van der Waals surface area (Å²) < 4.78 is 4.55. The molecule has 5 nitrogen and oxygen atoms in total. The van der Waals surface area contributed by atoms with Gasteiger partial charge in [0.1, 0.15) is 11.1 Å². The van der Waals surface area contributed by atoms with Crippen LogP contribution in [0.2, 0.25) is 0 Å². The van der Waals surface area contributed by atoms with Crippen molar-refractivity contribution >= 4 is 17.3 Å². The quantitative estimate of drug-likeness (QED) is 0.778. The Balaban J connectivity index is 2.66. The van der Waals surface area contributed by atoms with E-state index in [1.165, 1.54) is 18.4 Å². The first-order valence-electron chi connectivity index (χ1n) is 5.43. The molecule has 0 bridgehead atoms. The van der Waals surface area contributed by atoms with E-state index in [-0.39, 0.29) is 11.7 Å². The van der Waals surface area contributed by atoms with Gasteiger partial charge in [-0.25, -0.2) is 9.78 Å². The molecule has 0 aromatic carbocycles. The van der Waals surface area contributed by atoms with Crippen molar-refractivity contribution in [3.05, 3.63) is 16.1 Å². The van der Waals surface area contributed by atoms with Crippen LogP contribution < -0.4 is 5.73 Å². The molecule has 17 heavy (non-hydrogen) atoms. The van der Waals surface area contributed by atoms with Crippen molar-refractivity contribution in [2.45, 2.75) is 32.4 Å². The lowest BCUT2D eigenvalue weighted by Gasteiger charge is -2.17. The summed E-state index contributed by atoms with van der Waals surface area (Å²) in [4.78, 5) is 15.2. The van der Waals surface area contributed by atoms with E-state index in [2.05, 4.69) is 9.72 Å². The van der Waals surface area contributed by atoms with Gasteiger partial charge in [0.05, 0.1) is 7.11 Å². The molecule has 0 amide bonds. The highest BCUT2D eigenvalue weighted by molar-refractivity contribution is 7.09. The minimum Gasteiger partial charge on any atom is -0.464 e. The molecule has 0 radical (unpaired) electrons. The van der Waals surface area contributed by atoms with Gasteiger partial charge in [-0.05, 0) is 12.3 Å². The van der Waals surface area contributed by atoms with Gasteiger partial charge in [0.25, 0.3) is 0 Å². The van der Waals surface area contributed by atoms with Gasteiger partial charge in [-0.2, -0.15) is 0 Å². The highest BCUT2D eigenvalue weighted by atomic mass is 32.1. The average molecular weight is 258 g/mol. The second kappa shape index (κ2) is 6.09. The van der Waals surface area contributed by atoms with E-state index < -0.39 is 12.1 Å². The van der Waals surface area contributed by atoms with Crippen LogP contribution in [0.3, 0.4) is 0 Å². The molecule has 1 aromatic heterocycles. The fourth-order valence-electron chi connectivity index (χ4n) is 1.27. The van der Waals surface area contributed by atoms with Crippen LogP contribution in [0.25, 0.3) is 0 Å². The lowest BCUT2D eigenvalue weighted by atomic mass is 9.99. The molecular formula is C11H18N2O3S. The highest BCUT2D eigenvalue weighted by Crippen LogP contribution is 2.23. The Morgan fingerprint density at radius 3 is 2.82 bits per heavy atom. The molecule has 0 saturated carbocycles. The van der Waals surface area contributed by atoms with Crippen molar-refractivity contribution in [3.8, 4) is 0 Å². The maximum atomic E-state index is 11.2.